The lowest BCUT2D eigenvalue weighted by Crippen LogP contribution is -2.26. The largest absolute Gasteiger partial charge is 0.488 e. The van der Waals surface area contributed by atoms with Crippen LogP contribution in [-0.4, -0.2) is 22.4 Å². The fraction of sp³-hybridized carbons (Fsp3) is 0.423. The molecule has 0 heterocycles. The Morgan fingerprint density at radius 2 is 0.429 bits per heavy atom. The molecule has 0 aliphatic heterocycles. The van der Waals surface area contributed by atoms with Crippen LogP contribution in [-0.2, 0) is 0 Å². The van der Waals surface area contributed by atoms with Gasteiger partial charge in [-0.1, -0.05) is 100 Å². The first-order valence-electron chi connectivity index (χ1n) is 20.7. The molecule has 5 rings (SSSR count). The minimum Gasteiger partial charge on any atom is -0.488 e. The van der Waals surface area contributed by atoms with Crippen molar-refractivity contribution in [1.82, 2.24) is 0 Å². The Morgan fingerprint density at radius 1 is 0.286 bits per heavy atom. The van der Waals surface area contributed by atoms with E-state index in [1.165, 1.54) is 33.4 Å². The number of benzene rings is 5. The SMILES string of the molecule is CCC(C)(C)Oc1ccc(C(c2ccc(OC(C)(C)CC)cc2)c2ccc(C(c3ccc(OC(C)(C)CC)cc3)c3ccc(OC(C)(C)CC)cc3)cc2)cc1. The topological polar surface area (TPSA) is 36.9 Å². The standard InChI is InChI=1S/C52H66O4/c1-13-49(5,6)53-43-29-21-39(22-30-43)47(40-23-31-44(32-24-40)54-50(7,8)14-2)37-17-19-38(20-18-37)48(41-25-33-45(34-26-41)55-51(9,10)15-3)42-27-35-46(36-28-42)56-52(11,12)16-4/h17-36,47-48H,13-16H2,1-12H3. The van der Waals surface area contributed by atoms with Crippen LogP contribution in [0.1, 0.15) is 154 Å². The highest BCUT2D eigenvalue weighted by molar-refractivity contribution is 5.50. The quantitative estimate of drug-likeness (QED) is 0.0835. The highest BCUT2D eigenvalue weighted by atomic mass is 16.5. The number of hydrogen-bond donors (Lipinski definition) is 0. The molecule has 56 heavy (non-hydrogen) atoms. The van der Waals surface area contributed by atoms with Crippen LogP contribution in [0.5, 0.6) is 23.0 Å². The van der Waals surface area contributed by atoms with E-state index in [-0.39, 0.29) is 34.2 Å². The summed E-state index contributed by atoms with van der Waals surface area (Å²) < 4.78 is 25.3. The Hall–Kier alpha value is -4.70. The van der Waals surface area contributed by atoms with Gasteiger partial charge in [-0.2, -0.15) is 0 Å². The molecule has 0 atom stereocenters. The summed E-state index contributed by atoms with van der Waals surface area (Å²) in [5.41, 5.74) is 6.33. The molecule has 0 bridgehead atoms. The first-order chi connectivity index (χ1) is 26.5. The smallest absolute Gasteiger partial charge is 0.120 e. The molecule has 4 nitrogen and oxygen atoms in total. The first kappa shape index (κ1) is 42.4. The fourth-order valence-electron chi connectivity index (χ4n) is 6.51. The van der Waals surface area contributed by atoms with Gasteiger partial charge in [-0.3, -0.25) is 0 Å². The van der Waals surface area contributed by atoms with Crippen molar-refractivity contribution in [3.8, 4) is 23.0 Å². The highest BCUT2D eigenvalue weighted by Crippen LogP contribution is 2.39. The number of hydrogen-bond acceptors (Lipinski definition) is 4. The van der Waals surface area contributed by atoms with Crippen LogP contribution in [0.3, 0.4) is 0 Å². The maximum Gasteiger partial charge on any atom is 0.120 e. The molecule has 0 aromatic heterocycles. The molecular weight excluding hydrogens is 689 g/mol. The van der Waals surface area contributed by atoms with E-state index in [0.29, 0.717) is 0 Å². The third-order valence-electron chi connectivity index (χ3n) is 11.4. The van der Waals surface area contributed by atoms with Gasteiger partial charge in [0.25, 0.3) is 0 Å². The summed E-state index contributed by atoms with van der Waals surface area (Å²) in [6, 6.07) is 43.7. The number of rotatable bonds is 18. The molecule has 5 aromatic rings. The Labute approximate surface area is 338 Å². The molecular formula is C52H66O4. The van der Waals surface area contributed by atoms with E-state index < -0.39 is 0 Å². The predicted octanol–water partition coefficient (Wildman–Crippen LogP) is 14.3. The van der Waals surface area contributed by atoms with Gasteiger partial charge in [-0.05, 0) is 163 Å². The number of ether oxygens (including phenoxy) is 4. The summed E-state index contributed by atoms with van der Waals surface area (Å²) in [7, 11) is 0. The van der Waals surface area contributed by atoms with Gasteiger partial charge in [-0.15, -0.1) is 0 Å². The van der Waals surface area contributed by atoms with Crippen molar-refractivity contribution >= 4 is 0 Å². The second kappa shape index (κ2) is 17.6. The van der Waals surface area contributed by atoms with Gasteiger partial charge in [-0.25, -0.2) is 0 Å². The molecule has 0 aliphatic carbocycles. The molecule has 298 valence electrons. The van der Waals surface area contributed by atoms with Crippen molar-refractivity contribution in [1.29, 1.82) is 0 Å². The molecule has 0 fully saturated rings. The zero-order valence-electron chi connectivity index (χ0n) is 36.2. The monoisotopic (exact) mass is 754 g/mol. The molecule has 0 saturated carbocycles. The summed E-state index contributed by atoms with van der Waals surface area (Å²) in [5.74, 6) is 3.56. The summed E-state index contributed by atoms with van der Waals surface area (Å²) in [6.45, 7) is 25.7. The average molecular weight is 755 g/mol. The average Bonchev–Trinajstić information content (AvgIpc) is 3.18. The van der Waals surface area contributed by atoms with Crippen molar-refractivity contribution in [3.63, 3.8) is 0 Å². The van der Waals surface area contributed by atoms with Gasteiger partial charge in [0.2, 0.25) is 0 Å². The summed E-state index contributed by atoms with van der Waals surface area (Å²) in [5, 5.41) is 0. The minimum absolute atomic E-state index is 0.0145. The van der Waals surface area contributed by atoms with Crippen LogP contribution in [0.4, 0.5) is 0 Å². The van der Waals surface area contributed by atoms with Crippen LogP contribution in [0.15, 0.2) is 121 Å². The lowest BCUT2D eigenvalue weighted by Gasteiger charge is -2.27. The molecule has 0 saturated heterocycles. The predicted molar refractivity (Wildman–Crippen MR) is 234 cm³/mol. The van der Waals surface area contributed by atoms with Gasteiger partial charge in [0.1, 0.15) is 45.4 Å². The van der Waals surface area contributed by atoms with Gasteiger partial charge in [0.15, 0.2) is 0 Å². The summed E-state index contributed by atoms with van der Waals surface area (Å²) in [6.07, 6.45) is 3.71. The van der Waals surface area contributed by atoms with E-state index in [1.54, 1.807) is 0 Å². The van der Waals surface area contributed by atoms with E-state index in [9.17, 15) is 0 Å². The third-order valence-corrected chi connectivity index (χ3v) is 11.4. The Morgan fingerprint density at radius 3 is 0.571 bits per heavy atom. The lowest BCUT2D eigenvalue weighted by atomic mass is 9.81. The fourth-order valence-corrected chi connectivity index (χ4v) is 6.51. The van der Waals surface area contributed by atoms with Crippen molar-refractivity contribution in [3.05, 3.63) is 155 Å². The normalized spacial score (nSPS) is 12.5. The molecule has 0 unspecified atom stereocenters. The zero-order chi connectivity index (χ0) is 40.7. The second-order valence-electron chi connectivity index (χ2n) is 17.7. The van der Waals surface area contributed by atoms with E-state index in [1.807, 2.05) is 0 Å². The molecule has 4 heteroatoms. The van der Waals surface area contributed by atoms with Gasteiger partial charge in [0.05, 0.1) is 0 Å². The van der Waals surface area contributed by atoms with Crippen molar-refractivity contribution in [2.75, 3.05) is 0 Å². The van der Waals surface area contributed by atoms with Gasteiger partial charge in [0, 0.05) is 11.8 Å². The van der Waals surface area contributed by atoms with Gasteiger partial charge >= 0.3 is 0 Å². The highest BCUT2D eigenvalue weighted by Gasteiger charge is 2.24. The molecule has 0 amide bonds. The lowest BCUT2D eigenvalue weighted by molar-refractivity contribution is 0.105. The van der Waals surface area contributed by atoms with Crippen LogP contribution < -0.4 is 18.9 Å². The van der Waals surface area contributed by atoms with Crippen LogP contribution >= 0.6 is 0 Å². The Kier molecular flexibility index (Phi) is 13.4. The van der Waals surface area contributed by atoms with E-state index in [4.69, 9.17) is 18.9 Å². The Bertz CT molecular complexity index is 1680. The molecule has 0 aliphatic rings. The summed E-state index contributed by atoms with van der Waals surface area (Å²) in [4.78, 5) is 0. The van der Waals surface area contributed by atoms with Crippen LogP contribution in [0.2, 0.25) is 0 Å². The van der Waals surface area contributed by atoms with E-state index in [0.717, 1.165) is 48.7 Å². The van der Waals surface area contributed by atoms with E-state index in [2.05, 4.69) is 204 Å². The van der Waals surface area contributed by atoms with Crippen LogP contribution in [0.25, 0.3) is 0 Å². The minimum atomic E-state index is -0.228. The molecule has 0 radical (unpaired) electrons. The maximum atomic E-state index is 6.34. The van der Waals surface area contributed by atoms with Crippen LogP contribution in [0, 0.1) is 0 Å². The third kappa shape index (κ3) is 11.2. The molecule has 5 aromatic carbocycles. The molecule has 0 spiro atoms. The zero-order valence-corrected chi connectivity index (χ0v) is 36.2. The maximum absolute atomic E-state index is 6.34. The summed E-state index contributed by atoms with van der Waals surface area (Å²) >= 11 is 0. The van der Waals surface area contributed by atoms with Crippen molar-refractivity contribution in [2.24, 2.45) is 0 Å². The Balaban J connectivity index is 1.54. The molecule has 0 N–H and O–H groups in total. The van der Waals surface area contributed by atoms with Crippen molar-refractivity contribution in [2.45, 2.75) is 143 Å². The van der Waals surface area contributed by atoms with Crippen molar-refractivity contribution < 1.29 is 18.9 Å². The van der Waals surface area contributed by atoms with E-state index >= 15 is 0 Å². The first-order valence-corrected chi connectivity index (χ1v) is 20.7. The van der Waals surface area contributed by atoms with Gasteiger partial charge < -0.3 is 18.9 Å². The second-order valence-corrected chi connectivity index (χ2v) is 17.7.